The fourth-order valence-electron chi connectivity index (χ4n) is 2.57. The van der Waals surface area contributed by atoms with Crippen LogP contribution in [0, 0.1) is 0 Å². The summed E-state index contributed by atoms with van der Waals surface area (Å²) >= 11 is 3.35. The van der Waals surface area contributed by atoms with E-state index in [1.165, 1.54) is 6.92 Å². The van der Waals surface area contributed by atoms with Gasteiger partial charge in [0.05, 0.1) is 6.54 Å². The first-order chi connectivity index (χ1) is 12.0. The fourth-order valence-corrected chi connectivity index (χ4v) is 2.83. The highest BCUT2D eigenvalue weighted by molar-refractivity contribution is 9.10. The molecule has 2 N–H and O–H groups in total. The van der Waals surface area contributed by atoms with Gasteiger partial charge < -0.3 is 15.5 Å². The predicted octanol–water partition coefficient (Wildman–Crippen LogP) is 2.22. The summed E-state index contributed by atoms with van der Waals surface area (Å²) in [6.07, 6.45) is 1.46. The summed E-state index contributed by atoms with van der Waals surface area (Å²) in [5, 5.41) is 5.35. The lowest BCUT2D eigenvalue weighted by atomic mass is 10.2. The van der Waals surface area contributed by atoms with Gasteiger partial charge in [-0.3, -0.25) is 14.4 Å². The number of nitrogens with one attached hydrogen (secondary N) is 2. The molecule has 0 saturated carbocycles. The number of carbonyl (C=O) groups is 3. The quantitative estimate of drug-likeness (QED) is 0.779. The molecule has 2 rings (SSSR count). The third-order valence-corrected chi connectivity index (χ3v) is 4.31. The lowest BCUT2D eigenvalue weighted by Gasteiger charge is -2.22. The molecule has 138 valence electrons. The first-order valence-corrected chi connectivity index (χ1v) is 9.32. The number of carbonyl (C=O) groups excluding carboxylic acids is 3. The van der Waals surface area contributed by atoms with Gasteiger partial charge >= 0.3 is 0 Å². The second-order valence-electron chi connectivity index (χ2n) is 5.49. The lowest BCUT2D eigenvalue weighted by molar-refractivity contribution is -0.137. The summed E-state index contributed by atoms with van der Waals surface area (Å²) in [4.78, 5) is 36.9. The summed E-state index contributed by atoms with van der Waals surface area (Å²) in [7, 11) is 0. The molecule has 0 spiro atoms. The molecule has 1 aliphatic rings. The number of likely N-dealkylation sites (tertiary alicyclic amines) is 1. The van der Waals surface area contributed by atoms with Crippen LogP contribution in [0.15, 0.2) is 28.7 Å². The topological polar surface area (TPSA) is 78.5 Å². The standard InChI is InChI=1S/C16H20BrN3O3.C2H6/c1-11(21)20-8-2-3-14(20)16(23)19-10-15(22)18-9-12-4-6-13(17)7-5-12;1-2/h4-7,14H,2-3,8-10H2,1H3,(H,18,22)(H,19,23);1-2H3. The van der Waals surface area contributed by atoms with Gasteiger partial charge in [0.25, 0.3) is 0 Å². The van der Waals surface area contributed by atoms with E-state index in [1.807, 2.05) is 38.1 Å². The zero-order valence-corrected chi connectivity index (χ0v) is 16.6. The highest BCUT2D eigenvalue weighted by atomic mass is 79.9. The van der Waals surface area contributed by atoms with Gasteiger partial charge in [-0.1, -0.05) is 41.9 Å². The first-order valence-electron chi connectivity index (χ1n) is 8.53. The smallest absolute Gasteiger partial charge is 0.243 e. The summed E-state index contributed by atoms with van der Waals surface area (Å²) in [5.74, 6) is -0.632. The minimum atomic E-state index is -0.452. The van der Waals surface area contributed by atoms with Gasteiger partial charge in [-0.05, 0) is 30.5 Å². The number of amides is 3. The van der Waals surface area contributed by atoms with E-state index in [1.54, 1.807) is 4.90 Å². The molecule has 0 aliphatic carbocycles. The van der Waals surface area contributed by atoms with Crippen molar-refractivity contribution in [3.05, 3.63) is 34.3 Å². The van der Waals surface area contributed by atoms with Crippen LogP contribution in [-0.4, -0.2) is 41.8 Å². The van der Waals surface area contributed by atoms with Gasteiger partial charge in [0.1, 0.15) is 6.04 Å². The number of rotatable bonds is 5. The van der Waals surface area contributed by atoms with Crippen molar-refractivity contribution in [3.63, 3.8) is 0 Å². The minimum absolute atomic E-state index is 0.0857. The van der Waals surface area contributed by atoms with E-state index in [0.29, 0.717) is 19.5 Å². The van der Waals surface area contributed by atoms with Crippen LogP contribution in [0.3, 0.4) is 0 Å². The van der Waals surface area contributed by atoms with Crippen molar-refractivity contribution >= 4 is 33.7 Å². The van der Waals surface area contributed by atoms with Crippen LogP contribution in [0.2, 0.25) is 0 Å². The van der Waals surface area contributed by atoms with Crippen LogP contribution in [0.1, 0.15) is 39.2 Å². The third kappa shape index (κ3) is 6.86. The van der Waals surface area contributed by atoms with Crippen LogP contribution >= 0.6 is 15.9 Å². The summed E-state index contributed by atoms with van der Waals surface area (Å²) < 4.78 is 0.978. The summed E-state index contributed by atoms with van der Waals surface area (Å²) in [5.41, 5.74) is 0.978. The maximum Gasteiger partial charge on any atom is 0.243 e. The molecule has 1 heterocycles. The fraction of sp³-hybridized carbons (Fsp3) is 0.500. The van der Waals surface area contributed by atoms with Crippen molar-refractivity contribution in [1.29, 1.82) is 0 Å². The van der Waals surface area contributed by atoms with Crippen LogP contribution in [-0.2, 0) is 20.9 Å². The number of halogens is 1. The van der Waals surface area contributed by atoms with Crippen molar-refractivity contribution in [2.75, 3.05) is 13.1 Å². The molecule has 6 nitrogen and oxygen atoms in total. The molecular weight excluding hydrogens is 386 g/mol. The molecule has 1 aromatic rings. The van der Waals surface area contributed by atoms with Gasteiger partial charge in [-0.2, -0.15) is 0 Å². The highest BCUT2D eigenvalue weighted by Crippen LogP contribution is 2.17. The number of benzene rings is 1. The van der Waals surface area contributed by atoms with E-state index in [-0.39, 0.29) is 24.3 Å². The Hall–Kier alpha value is -1.89. The Labute approximate surface area is 157 Å². The molecule has 7 heteroatoms. The summed E-state index contributed by atoms with van der Waals surface area (Å²) in [6, 6.07) is 7.17. The molecule has 0 bridgehead atoms. The normalized spacial score (nSPS) is 15.8. The van der Waals surface area contributed by atoms with E-state index in [2.05, 4.69) is 26.6 Å². The Kier molecular flexibility index (Phi) is 9.20. The Morgan fingerprint density at radius 3 is 2.40 bits per heavy atom. The van der Waals surface area contributed by atoms with Crippen molar-refractivity contribution in [1.82, 2.24) is 15.5 Å². The van der Waals surface area contributed by atoms with Crippen LogP contribution in [0.4, 0.5) is 0 Å². The Balaban J connectivity index is 0.00000151. The van der Waals surface area contributed by atoms with E-state index in [4.69, 9.17) is 0 Å². The molecule has 1 unspecified atom stereocenters. The number of hydrogen-bond donors (Lipinski definition) is 2. The third-order valence-electron chi connectivity index (χ3n) is 3.79. The van der Waals surface area contributed by atoms with Crippen LogP contribution < -0.4 is 10.6 Å². The minimum Gasteiger partial charge on any atom is -0.350 e. The van der Waals surface area contributed by atoms with E-state index < -0.39 is 6.04 Å². The molecule has 1 atom stereocenters. The first kappa shape index (κ1) is 21.2. The zero-order valence-electron chi connectivity index (χ0n) is 15.0. The zero-order chi connectivity index (χ0) is 18.8. The second-order valence-corrected chi connectivity index (χ2v) is 6.41. The van der Waals surface area contributed by atoms with E-state index in [0.717, 1.165) is 16.5 Å². The maximum absolute atomic E-state index is 12.1. The summed E-state index contributed by atoms with van der Waals surface area (Å²) in [6.45, 7) is 6.38. The van der Waals surface area contributed by atoms with E-state index in [9.17, 15) is 14.4 Å². The van der Waals surface area contributed by atoms with Crippen LogP contribution in [0.25, 0.3) is 0 Å². The lowest BCUT2D eigenvalue weighted by Crippen LogP contribution is -2.47. The van der Waals surface area contributed by atoms with Crippen molar-refractivity contribution in [3.8, 4) is 0 Å². The molecule has 1 aromatic carbocycles. The van der Waals surface area contributed by atoms with Crippen molar-refractivity contribution in [2.45, 2.75) is 46.2 Å². The molecule has 1 saturated heterocycles. The molecule has 3 amide bonds. The largest absolute Gasteiger partial charge is 0.350 e. The SMILES string of the molecule is CC.CC(=O)N1CCCC1C(=O)NCC(=O)NCc1ccc(Br)cc1. The molecule has 0 aromatic heterocycles. The van der Waals surface area contributed by atoms with Gasteiger partial charge in [-0.25, -0.2) is 0 Å². The molecule has 0 radical (unpaired) electrons. The van der Waals surface area contributed by atoms with E-state index >= 15 is 0 Å². The molecular formula is C18H26BrN3O3. The number of hydrogen-bond acceptors (Lipinski definition) is 3. The average molecular weight is 412 g/mol. The Morgan fingerprint density at radius 1 is 1.16 bits per heavy atom. The van der Waals surface area contributed by atoms with Gasteiger partial charge in [0.15, 0.2) is 0 Å². The van der Waals surface area contributed by atoms with Crippen molar-refractivity contribution in [2.24, 2.45) is 0 Å². The van der Waals surface area contributed by atoms with Crippen LogP contribution in [0.5, 0.6) is 0 Å². The molecule has 1 fully saturated rings. The van der Waals surface area contributed by atoms with Gasteiger partial charge in [-0.15, -0.1) is 0 Å². The Morgan fingerprint density at radius 2 is 1.80 bits per heavy atom. The maximum atomic E-state index is 12.1. The average Bonchev–Trinajstić information content (AvgIpc) is 3.11. The molecule has 1 aliphatic heterocycles. The monoisotopic (exact) mass is 411 g/mol. The second kappa shape index (κ2) is 10.9. The van der Waals surface area contributed by atoms with Gasteiger partial charge in [0, 0.05) is 24.5 Å². The Bertz CT molecular complexity index is 590. The number of nitrogens with zero attached hydrogens (tertiary/aromatic N) is 1. The van der Waals surface area contributed by atoms with Gasteiger partial charge in [0.2, 0.25) is 17.7 Å². The molecule has 25 heavy (non-hydrogen) atoms. The highest BCUT2D eigenvalue weighted by Gasteiger charge is 2.32. The van der Waals surface area contributed by atoms with Crippen molar-refractivity contribution < 1.29 is 14.4 Å². The predicted molar refractivity (Wildman–Crippen MR) is 101 cm³/mol.